The third-order valence-electron chi connectivity index (χ3n) is 5.45. The van der Waals surface area contributed by atoms with E-state index in [1.165, 1.54) is 25.7 Å². The number of rotatable bonds is 25. The maximum atomic E-state index is 11.9. The Morgan fingerprint density at radius 3 is 2.17 bits per heavy atom. The maximum absolute atomic E-state index is 11.9. The molecule has 0 fully saturated rings. The van der Waals surface area contributed by atoms with Crippen molar-refractivity contribution in [3.8, 4) is 0 Å². The first-order valence-corrected chi connectivity index (χ1v) is 15.2. The van der Waals surface area contributed by atoms with E-state index in [1.807, 2.05) is 0 Å². The number of carbonyl (C=O) groups is 2. The van der Waals surface area contributed by atoms with Crippen LogP contribution in [0.15, 0.2) is 12.2 Å². The van der Waals surface area contributed by atoms with E-state index in [9.17, 15) is 24.2 Å². The van der Waals surface area contributed by atoms with Crippen LogP contribution < -0.4 is 5.32 Å². The summed E-state index contributed by atoms with van der Waals surface area (Å²) in [5.74, 6) is -0.548. The Morgan fingerprint density at radius 2 is 1.44 bits per heavy atom. The van der Waals surface area contributed by atoms with Crippen LogP contribution in [0.1, 0.15) is 110 Å². The van der Waals surface area contributed by atoms with Gasteiger partial charge in [0.15, 0.2) is 0 Å². The van der Waals surface area contributed by atoms with Crippen LogP contribution >= 0.6 is 7.82 Å². The molecule has 0 aliphatic carbocycles. The van der Waals surface area contributed by atoms with Crippen LogP contribution in [0.3, 0.4) is 0 Å². The molecule has 212 valence electrons. The van der Waals surface area contributed by atoms with Gasteiger partial charge < -0.3 is 20.1 Å². The summed E-state index contributed by atoms with van der Waals surface area (Å²) in [5.41, 5.74) is 0. The molecule has 0 radical (unpaired) electrons. The minimum atomic E-state index is -4.38. The molecule has 9 nitrogen and oxygen atoms in total. The van der Waals surface area contributed by atoms with Gasteiger partial charge in [-0.3, -0.25) is 18.6 Å². The zero-order valence-electron chi connectivity index (χ0n) is 22.5. The number of phosphoric ester groups is 1. The molecule has 0 aliphatic heterocycles. The monoisotopic (exact) mass is 535 g/mol. The molecule has 10 heteroatoms. The van der Waals surface area contributed by atoms with E-state index >= 15 is 0 Å². The Kier molecular flexibility index (Phi) is 23.3. The highest BCUT2D eigenvalue weighted by Gasteiger charge is 2.23. The zero-order chi connectivity index (χ0) is 26.9. The van der Waals surface area contributed by atoms with E-state index in [-0.39, 0.29) is 32.1 Å². The molecule has 1 amide bonds. The first-order valence-electron chi connectivity index (χ1n) is 13.7. The molecule has 3 N–H and O–H groups in total. The van der Waals surface area contributed by atoms with Gasteiger partial charge in [0.05, 0.1) is 13.2 Å². The van der Waals surface area contributed by atoms with Gasteiger partial charge in [0.2, 0.25) is 5.91 Å². The summed E-state index contributed by atoms with van der Waals surface area (Å²) in [4.78, 5) is 33.1. The summed E-state index contributed by atoms with van der Waals surface area (Å²) in [7, 11) is -4.38. The third kappa shape index (κ3) is 24.4. The average molecular weight is 536 g/mol. The molecule has 0 aliphatic rings. The highest BCUT2D eigenvalue weighted by atomic mass is 31.2. The second-order valence-corrected chi connectivity index (χ2v) is 10.5. The van der Waals surface area contributed by atoms with Crippen molar-refractivity contribution in [2.75, 3.05) is 26.4 Å². The van der Waals surface area contributed by atoms with Gasteiger partial charge in [0, 0.05) is 19.4 Å². The van der Waals surface area contributed by atoms with Crippen molar-refractivity contribution >= 4 is 19.7 Å². The van der Waals surface area contributed by atoms with E-state index in [0.717, 1.165) is 57.8 Å². The predicted molar refractivity (Wildman–Crippen MR) is 141 cm³/mol. The number of aliphatic hydroxyl groups excluding tert-OH is 1. The second kappa shape index (κ2) is 24.1. The van der Waals surface area contributed by atoms with Gasteiger partial charge in [-0.05, 0) is 32.1 Å². The molecule has 0 aromatic rings. The molecule has 0 saturated carbocycles. The van der Waals surface area contributed by atoms with Crippen LogP contribution in [0.5, 0.6) is 0 Å². The summed E-state index contributed by atoms with van der Waals surface area (Å²) in [6.07, 6.45) is 17.8. The first-order chi connectivity index (χ1) is 17.3. The summed E-state index contributed by atoms with van der Waals surface area (Å²) in [6, 6.07) is 0. The molecule has 36 heavy (non-hydrogen) atoms. The minimum absolute atomic E-state index is 0.0787. The molecule has 0 spiro atoms. The number of amides is 1. The number of phosphoric acid groups is 1. The van der Waals surface area contributed by atoms with Crippen molar-refractivity contribution in [2.45, 2.75) is 116 Å². The number of hydrogen-bond acceptors (Lipinski definition) is 7. The molecule has 2 unspecified atom stereocenters. The van der Waals surface area contributed by atoms with Crippen LogP contribution in [-0.2, 0) is 27.9 Å². The lowest BCUT2D eigenvalue weighted by Crippen LogP contribution is -2.27. The van der Waals surface area contributed by atoms with E-state index in [1.54, 1.807) is 0 Å². The molecular formula is C26H50NO8P. The normalized spacial score (nSPS) is 14.0. The van der Waals surface area contributed by atoms with Crippen LogP contribution in [0.25, 0.3) is 0 Å². The number of hydrogen-bond donors (Lipinski definition) is 3. The highest BCUT2D eigenvalue weighted by molar-refractivity contribution is 7.47. The number of esters is 1. The Hall–Kier alpha value is -1.25. The van der Waals surface area contributed by atoms with E-state index in [4.69, 9.17) is 13.8 Å². The molecule has 0 bridgehead atoms. The summed E-state index contributed by atoms with van der Waals surface area (Å²) in [6.45, 7) is 3.31. The molecule has 2 atom stereocenters. The predicted octanol–water partition coefficient (Wildman–Crippen LogP) is 5.59. The van der Waals surface area contributed by atoms with E-state index in [0.29, 0.717) is 6.42 Å². The van der Waals surface area contributed by atoms with Gasteiger partial charge in [-0.1, -0.05) is 77.4 Å². The first kappa shape index (κ1) is 34.8. The van der Waals surface area contributed by atoms with Crippen molar-refractivity contribution in [2.24, 2.45) is 0 Å². The van der Waals surface area contributed by atoms with Crippen molar-refractivity contribution in [3.63, 3.8) is 0 Å². The quantitative estimate of drug-likeness (QED) is 0.0597. The molecule has 0 heterocycles. The van der Waals surface area contributed by atoms with Crippen LogP contribution in [0.4, 0.5) is 0 Å². The standard InChI is InChI=1S/C26H50NO8P/c1-3-5-7-9-10-11-12-13-14-15-16-18-25(29)27-20-21-34-36(31,32)35-23-24(28)22-33-26(30)19-17-8-6-4-2/h9-10,24,28H,3-8,11-23H2,1-2H3,(H,27,29)(H,31,32)/b10-9-. The summed E-state index contributed by atoms with van der Waals surface area (Å²) in [5, 5.41) is 12.4. The van der Waals surface area contributed by atoms with Gasteiger partial charge in [-0.25, -0.2) is 4.57 Å². The Labute approximate surface area is 218 Å². The van der Waals surface area contributed by atoms with Crippen molar-refractivity contribution in [1.29, 1.82) is 0 Å². The van der Waals surface area contributed by atoms with Crippen molar-refractivity contribution < 1.29 is 37.9 Å². The molecule has 0 saturated heterocycles. The maximum Gasteiger partial charge on any atom is 0.472 e. The lowest BCUT2D eigenvalue weighted by Gasteiger charge is -2.15. The summed E-state index contributed by atoms with van der Waals surface area (Å²) >= 11 is 0. The molecule has 0 rings (SSSR count). The lowest BCUT2D eigenvalue weighted by molar-refractivity contribution is -0.147. The second-order valence-electron chi connectivity index (χ2n) is 9.02. The number of allylic oxidation sites excluding steroid dienone is 2. The Balaban J connectivity index is 3.69. The SMILES string of the molecule is CCCC/C=C\CCCCCCCC(=O)NCCOP(=O)(O)OCC(O)COC(=O)CCCCCC. The van der Waals surface area contributed by atoms with Crippen molar-refractivity contribution in [3.05, 3.63) is 12.2 Å². The van der Waals surface area contributed by atoms with Gasteiger partial charge in [0.25, 0.3) is 0 Å². The van der Waals surface area contributed by atoms with Crippen LogP contribution in [0.2, 0.25) is 0 Å². The van der Waals surface area contributed by atoms with Crippen molar-refractivity contribution in [1.82, 2.24) is 5.32 Å². The lowest BCUT2D eigenvalue weighted by atomic mass is 10.1. The Morgan fingerprint density at radius 1 is 0.833 bits per heavy atom. The zero-order valence-corrected chi connectivity index (χ0v) is 23.4. The number of aliphatic hydroxyl groups is 1. The molecular weight excluding hydrogens is 485 g/mol. The van der Waals surface area contributed by atoms with Gasteiger partial charge in [0.1, 0.15) is 12.7 Å². The van der Waals surface area contributed by atoms with Gasteiger partial charge in [-0.2, -0.15) is 0 Å². The number of unbranched alkanes of at least 4 members (excludes halogenated alkanes) is 10. The third-order valence-corrected chi connectivity index (χ3v) is 6.43. The van der Waals surface area contributed by atoms with E-state index < -0.39 is 26.5 Å². The smallest absolute Gasteiger partial charge is 0.463 e. The average Bonchev–Trinajstić information content (AvgIpc) is 2.85. The number of nitrogens with one attached hydrogen (secondary N) is 1. The molecule has 0 aromatic heterocycles. The topological polar surface area (TPSA) is 131 Å². The fourth-order valence-corrected chi connectivity index (χ4v) is 4.06. The number of carbonyl (C=O) groups excluding carboxylic acids is 2. The largest absolute Gasteiger partial charge is 0.472 e. The number of ether oxygens (including phenoxy) is 1. The van der Waals surface area contributed by atoms with Gasteiger partial charge >= 0.3 is 13.8 Å². The van der Waals surface area contributed by atoms with Crippen LogP contribution in [-0.4, -0.2) is 54.3 Å². The fraction of sp³-hybridized carbons (Fsp3) is 0.846. The van der Waals surface area contributed by atoms with Crippen LogP contribution in [0, 0.1) is 0 Å². The Bertz CT molecular complexity index is 629. The molecule has 0 aromatic carbocycles. The summed E-state index contributed by atoms with van der Waals surface area (Å²) < 4.78 is 26.3. The minimum Gasteiger partial charge on any atom is -0.463 e. The van der Waals surface area contributed by atoms with Gasteiger partial charge in [-0.15, -0.1) is 0 Å². The highest BCUT2D eigenvalue weighted by Crippen LogP contribution is 2.42. The van der Waals surface area contributed by atoms with E-state index in [2.05, 4.69) is 31.3 Å². The fourth-order valence-electron chi connectivity index (χ4n) is 3.30.